The first-order valence-corrected chi connectivity index (χ1v) is 7.80. The lowest BCUT2D eigenvalue weighted by Crippen LogP contribution is -2.23. The van der Waals surface area contributed by atoms with Gasteiger partial charge in [-0.1, -0.05) is 0 Å². The Kier molecular flexibility index (Phi) is 4.01. The summed E-state index contributed by atoms with van der Waals surface area (Å²) in [6.07, 6.45) is 4.32. The highest BCUT2D eigenvalue weighted by atomic mass is 32.1. The molecule has 0 spiro atoms. The number of nitrogens with zero attached hydrogens (tertiary/aromatic N) is 3. The molecule has 3 heterocycles. The number of nitrogens with one attached hydrogen (secondary N) is 1. The summed E-state index contributed by atoms with van der Waals surface area (Å²) in [6, 6.07) is 3.71. The highest BCUT2D eigenvalue weighted by Gasteiger charge is 2.18. The van der Waals surface area contributed by atoms with Gasteiger partial charge in [0.25, 0.3) is 0 Å². The summed E-state index contributed by atoms with van der Waals surface area (Å²) in [6.45, 7) is 1.98. The molecule has 21 heavy (non-hydrogen) atoms. The number of anilines is 3. The van der Waals surface area contributed by atoms with Crippen LogP contribution in [0, 0.1) is 0 Å². The van der Waals surface area contributed by atoms with Crippen LogP contribution in [0.25, 0.3) is 0 Å². The summed E-state index contributed by atoms with van der Waals surface area (Å²) in [7, 11) is 0. The van der Waals surface area contributed by atoms with Crippen LogP contribution in [-0.4, -0.2) is 29.0 Å². The molecule has 2 aromatic heterocycles. The van der Waals surface area contributed by atoms with Crippen LogP contribution >= 0.6 is 11.3 Å². The van der Waals surface area contributed by atoms with Crippen LogP contribution in [0.15, 0.2) is 23.7 Å². The molecule has 0 unspecified atom stereocenters. The highest BCUT2D eigenvalue weighted by Crippen LogP contribution is 2.26. The van der Waals surface area contributed by atoms with Gasteiger partial charge in [0.15, 0.2) is 10.9 Å². The normalized spacial score (nSPS) is 14.4. The van der Waals surface area contributed by atoms with Crippen molar-refractivity contribution in [3.05, 3.63) is 29.4 Å². The molecule has 1 fully saturated rings. The Bertz CT molecular complexity index is 636. The first-order chi connectivity index (χ1) is 10.2. The maximum Gasteiger partial charge on any atom is 0.230 e. The quantitative estimate of drug-likeness (QED) is 0.901. The molecule has 6 nitrogen and oxygen atoms in total. The predicted molar refractivity (Wildman–Crippen MR) is 84.5 cm³/mol. The average Bonchev–Trinajstić information content (AvgIpc) is 3.11. The average molecular weight is 303 g/mol. The summed E-state index contributed by atoms with van der Waals surface area (Å²) < 4.78 is 0. The van der Waals surface area contributed by atoms with Crippen molar-refractivity contribution < 1.29 is 4.79 Å². The molecule has 1 saturated heterocycles. The number of nitrogens with two attached hydrogens (primary N) is 1. The Labute approximate surface area is 127 Å². The fourth-order valence-corrected chi connectivity index (χ4v) is 3.00. The number of carbonyl (C=O) groups excluding carboxylic acids is 1. The lowest BCUT2D eigenvalue weighted by molar-refractivity contribution is -0.115. The second kappa shape index (κ2) is 6.09. The number of carbonyl (C=O) groups is 1. The standard InChI is InChI=1S/C14H17N5OS/c15-14-17-10(9-21-14)8-12(20)18-11-4-3-5-16-13(11)19-6-1-2-7-19/h3-5,9H,1-2,6-8H2,(H2,15,17)(H,18,20). The third-order valence-corrected chi connectivity index (χ3v) is 4.10. The number of aromatic nitrogens is 2. The van der Waals surface area contributed by atoms with Crippen LogP contribution in [0.2, 0.25) is 0 Å². The van der Waals surface area contributed by atoms with E-state index in [-0.39, 0.29) is 12.3 Å². The van der Waals surface area contributed by atoms with Crippen molar-refractivity contribution in [1.82, 2.24) is 9.97 Å². The van der Waals surface area contributed by atoms with Crippen molar-refractivity contribution in [3.63, 3.8) is 0 Å². The van der Waals surface area contributed by atoms with E-state index in [9.17, 15) is 4.79 Å². The zero-order valence-corrected chi connectivity index (χ0v) is 12.4. The Balaban J connectivity index is 1.70. The SMILES string of the molecule is Nc1nc(CC(=O)Nc2cccnc2N2CCCC2)cs1. The van der Waals surface area contributed by atoms with Gasteiger partial charge in [-0.2, -0.15) is 0 Å². The van der Waals surface area contributed by atoms with Gasteiger partial charge in [-0.25, -0.2) is 9.97 Å². The molecule has 110 valence electrons. The number of pyridine rings is 1. The Morgan fingerprint density at radius 3 is 2.95 bits per heavy atom. The second-order valence-electron chi connectivity index (χ2n) is 4.97. The van der Waals surface area contributed by atoms with Crippen LogP contribution in [0.3, 0.4) is 0 Å². The van der Waals surface area contributed by atoms with Gasteiger partial charge in [-0.05, 0) is 25.0 Å². The van der Waals surface area contributed by atoms with E-state index in [1.54, 1.807) is 11.6 Å². The van der Waals surface area contributed by atoms with E-state index in [1.807, 2.05) is 12.1 Å². The van der Waals surface area contributed by atoms with Crippen molar-refractivity contribution >= 4 is 33.9 Å². The fraction of sp³-hybridized carbons (Fsp3) is 0.357. The minimum absolute atomic E-state index is 0.103. The monoisotopic (exact) mass is 303 g/mol. The van der Waals surface area contributed by atoms with E-state index < -0.39 is 0 Å². The molecule has 1 aliphatic rings. The molecular weight excluding hydrogens is 286 g/mol. The summed E-state index contributed by atoms with van der Waals surface area (Å²) >= 11 is 1.34. The van der Waals surface area contributed by atoms with Crippen LogP contribution in [0.4, 0.5) is 16.6 Å². The Hall–Kier alpha value is -2.15. The van der Waals surface area contributed by atoms with Gasteiger partial charge >= 0.3 is 0 Å². The van der Waals surface area contributed by atoms with Gasteiger partial charge in [-0.15, -0.1) is 11.3 Å². The Morgan fingerprint density at radius 2 is 2.24 bits per heavy atom. The summed E-state index contributed by atoms with van der Waals surface area (Å²) in [5.74, 6) is 0.745. The molecule has 0 atom stereocenters. The van der Waals surface area contributed by atoms with Crippen molar-refractivity contribution in [2.45, 2.75) is 19.3 Å². The summed E-state index contributed by atoms with van der Waals surface area (Å²) in [4.78, 5) is 22.8. The van der Waals surface area contributed by atoms with E-state index >= 15 is 0 Å². The lowest BCUT2D eigenvalue weighted by Gasteiger charge is -2.19. The fourth-order valence-electron chi connectivity index (χ4n) is 2.44. The molecule has 2 aromatic rings. The van der Waals surface area contributed by atoms with Gasteiger partial charge in [0.05, 0.1) is 17.8 Å². The summed E-state index contributed by atoms with van der Waals surface area (Å²) in [5, 5.41) is 5.21. The van der Waals surface area contributed by atoms with E-state index in [4.69, 9.17) is 5.73 Å². The third-order valence-electron chi connectivity index (χ3n) is 3.38. The van der Waals surface area contributed by atoms with E-state index in [1.165, 1.54) is 24.2 Å². The maximum absolute atomic E-state index is 12.1. The molecule has 0 aromatic carbocycles. The molecule has 3 rings (SSSR count). The van der Waals surface area contributed by atoms with E-state index in [0.717, 1.165) is 24.6 Å². The number of rotatable bonds is 4. The van der Waals surface area contributed by atoms with E-state index in [0.29, 0.717) is 10.8 Å². The van der Waals surface area contributed by atoms with Crippen LogP contribution in [-0.2, 0) is 11.2 Å². The minimum atomic E-state index is -0.103. The maximum atomic E-state index is 12.1. The minimum Gasteiger partial charge on any atom is -0.375 e. The predicted octanol–water partition coefficient (Wildman–Crippen LogP) is 1.90. The smallest absolute Gasteiger partial charge is 0.230 e. The second-order valence-corrected chi connectivity index (χ2v) is 5.86. The van der Waals surface area contributed by atoms with Gasteiger partial charge in [0.1, 0.15) is 0 Å². The van der Waals surface area contributed by atoms with Crippen molar-refractivity contribution in [1.29, 1.82) is 0 Å². The topological polar surface area (TPSA) is 84.1 Å². The van der Waals surface area contributed by atoms with Crippen LogP contribution < -0.4 is 16.0 Å². The largest absolute Gasteiger partial charge is 0.375 e. The number of hydrogen-bond donors (Lipinski definition) is 2. The molecule has 1 aliphatic heterocycles. The van der Waals surface area contributed by atoms with Gasteiger partial charge in [-0.3, -0.25) is 4.79 Å². The first kappa shape index (κ1) is 13.8. The molecule has 0 radical (unpaired) electrons. The van der Waals surface area contributed by atoms with Gasteiger partial charge in [0.2, 0.25) is 5.91 Å². The molecule has 0 saturated carbocycles. The number of hydrogen-bond acceptors (Lipinski definition) is 6. The van der Waals surface area contributed by atoms with Crippen molar-refractivity contribution in [2.75, 3.05) is 29.0 Å². The third kappa shape index (κ3) is 3.30. The molecule has 1 amide bonds. The molecular formula is C14H17N5OS. The molecule has 7 heteroatoms. The number of amides is 1. The first-order valence-electron chi connectivity index (χ1n) is 6.92. The van der Waals surface area contributed by atoms with Crippen molar-refractivity contribution in [3.8, 4) is 0 Å². The zero-order chi connectivity index (χ0) is 14.7. The van der Waals surface area contributed by atoms with Gasteiger partial charge < -0.3 is 16.0 Å². The number of thiazole rings is 1. The van der Waals surface area contributed by atoms with Crippen LogP contribution in [0.1, 0.15) is 18.5 Å². The Morgan fingerprint density at radius 1 is 1.43 bits per heavy atom. The van der Waals surface area contributed by atoms with E-state index in [2.05, 4.69) is 20.2 Å². The molecule has 3 N–H and O–H groups in total. The van der Waals surface area contributed by atoms with Crippen molar-refractivity contribution in [2.24, 2.45) is 0 Å². The lowest BCUT2D eigenvalue weighted by atomic mass is 10.3. The zero-order valence-electron chi connectivity index (χ0n) is 11.6. The molecule has 0 aliphatic carbocycles. The molecule has 0 bridgehead atoms. The van der Waals surface area contributed by atoms with Gasteiger partial charge in [0, 0.05) is 24.7 Å². The van der Waals surface area contributed by atoms with Crippen LogP contribution in [0.5, 0.6) is 0 Å². The highest BCUT2D eigenvalue weighted by molar-refractivity contribution is 7.13. The number of nitrogen functional groups attached to an aromatic ring is 1. The summed E-state index contributed by atoms with van der Waals surface area (Å²) in [5.41, 5.74) is 7.03.